The zero-order valence-electron chi connectivity index (χ0n) is 22.7. The van der Waals surface area contributed by atoms with Gasteiger partial charge in [-0.3, -0.25) is 14.2 Å². The molecule has 7 nitrogen and oxygen atoms in total. The molecular weight excluding hydrogens is 555 g/mol. The van der Waals surface area contributed by atoms with Gasteiger partial charge < -0.3 is 14.5 Å². The van der Waals surface area contributed by atoms with Gasteiger partial charge in [-0.1, -0.05) is 47.7 Å². The number of aromatic nitrogens is 2. The normalized spacial score (nSPS) is 13.1. The molecule has 0 fully saturated rings. The number of thioether (sulfide) groups is 1. The van der Waals surface area contributed by atoms with Gasteiger partial charge in [0, 0.05) is 21.7 Å². The molecule has 0 atom stereocenters. The van der Waals surface area contributed by atoms with Crippen LogP contribution in [-0.2, 0) is 17.6 Å². The van der Waals surface area contributed by atoms with Gasteiger partial charge in [-0.25, -0.2) is 4.98 Å². The van der Waals surface area contributed by atoms with Gasteiger partial charge in [0.25, 0.3) is 5.56 Å². The van der Waals surface area contributed by atoms with Crippen molar-refractivity contribution in [1.82, 2.24) is 9.55 Å². The number of carbonyl (C=O) groups is 1. The van der Waals surface area contributed by atoms with Crippen LogP contribution in [0.15, 0.2) is 75.0 Å². The number of fused-ring (bicyclic) bond motifs is 6. The quantitative estimate of drug-likeness (QED) is 0.164. The predicted octanol–water partition coefficient (Wildman–Crippen LogP) is 7.27. The Morgan fingerprint density at radius 2 is 1.88 bits per heavy atom. The maximum absolute atomic E-state index is 14.0. The third-order valence-electron chi connectivity index (χ3n) is 7.56. The van der Waals surface area contributed by atoms with Crippen molar-refractivity contribution in [1.29, 1.82) is 0 Å². The standard InChI is InChI=1S/C32H27N3O4S2/c1-18-11-13-19(14-12-18)35-31(37)29-21-8-4-6-10-27(21)41-30(29)34-32(35)40-17-28(36)33-23-16-25-22(15-26(23)38-2)20-7-3-5-9-24(20)39-25/h3,5,7,9,11-16H,4,6,8,10,17H2,1-2H3,(H,33,36). The van der Waals surface area contributed by atoms with Crippen molar-refractivity contribution in [3.63, 3.8) is 0 Å². The fourth-order valence-electron chi connectivity index (χ4n) is 5.54. The number of benzene rings is 3. The minimum absolute atomic E-state index is 0.0657. The average Bonchev–Trinajstić information content (AvgIpc) is 3.54. The molecule has 41 heavy (non-hydrogen) atoms. The number of rotatable bonds is 6. The average molecular weight is 582 g/mol. The Balaban J connectivity index is 1.22. The number of methoxy groups -OCH3 is 1. The van der Waals surface area contributed by atoms with Crippen molar-refractivity contribution >= 4 is 66.8 Å². The highest BCUT2D eigenvalue weighted by molar-refractivity contribution is 7.99. The maximum Gasteiger partial charge on any atom is 0.267 e. The summed E-state index contributed by atoms with van der Waals surface area (Å²) in [5.41, 5.74) is 4.88. The summed E-state index contributed by atoms with van der Waals surface area (Å²) in [7, 11) is 1.58. The Bertz CT molecular complexity index is 2020. The van der Waals surface area contributed by atoms with Gasteiger partial charge in [0.2, 0.25) is 5.91 Å². The van der Waals surface area contributed by atoms with Crippen molar-refractivity contribution < 1.29 is 13.9 Å². The summed E-state index contributed by atoms with van der Waals surface area (Å²) in [6, 6.07) is 19.3. The monoisotopic (exact) mass is 581 g/mol. The van der Waals surface area contributed by atoms with E-state index in [-0.39, 0.29) is 17.2 Å². The van der Waals surface area contributed by atoms with E-state index in [1.807, 2.05) is 61.5 Å². The summed E-state index contributed by atoms with van der Waals surface area (Å²) in [5, 5.41) is 6.10. The van der Waals surface area contributed by atoms with Gasteiger partial charge in [-0.2, -0.15) is 0 Å². The molecule has 0 aliphatic heterocycles. The minimum Gasteiger partial charge on any atom is -0.495 e. The van der Waals surface area contributed by atoms with E-state index in [4.69, 9.17) is 14.1 Å². The first-order chi connectivity index (χ1) is 20.0. The molecule has 0 saturated carbocycles. The number of ether oxygens (including phenoxy) is 1. The first-order valence-electron chi connectivity index (χ1n) is 13.6. The molecule has 1 aliphatic carbocycles. The molecule has 9 heteroatoms. The Labute approximate surface area is 244 Å². The molecule has 1 N–H and O–H groups in total. The second kappa shape index (κ2) is 10.4. The molecule has 1 amide bonds. The van der Waals surface area contributed by atoms with Crippen LogP contribution in [0.2, 0.25) is 0 Å². The van der Waals surface area contributed by atoms with E-state index in [0.29, 0.717) is 22.2 Å². The van der Waals surface area contributed by atoms with Gasteiger partial charge in [0.1, 0.15) is 21.7 Å². The summed E-state index contributed by atoms with van der Waals surface area (Å²) < 4.78 is 13.3. The van der Waals surface area contributed by atoms with Crippen LogP contribution in [0.3, 0.4) is 0 Å². The van der Waals surface area contributed by atoms with E-state index in [2.05, 4.69) is 5.32 Å². The summed E-state index contributed by atoms with van der Waals surface area (Å²) in [4.78, 5) is 34.2. The molecule has 0 spiro atoms. The smallest absolute Gasteiger partial charge is 0.267 e. The molecule has 1 aliphatic rings. The molecule has 0 saturated heterocycles. The minimum atomic E-state index is -0.237. The number of para-hydroxylation sites is 1. The number of hydrogen-bond acceptors (Lipinski definition) is 7. The van der Waals surface area contributed by atoms with Gasteiger partial charge in [-0.15, -0.1) is 11.3 Å². The van der Waals surface area contributed by atoms with E-state index < -0.39 is 0 Å². The number of furan rings is 1. The number of hydrogen-bond donors (Lipinski definition) is 1. The van der Waals surface area contributed by atoms with Crippen LogP contribution in [0.5, 0.6) is 5.75 Å². The van der Waals surface area contributed by atoms with Crippen molar-refractivity contribution in [3.8, 4) is 11.4 Å². The zero-order chi connectivity index (χ0) is 28.1. The first kappa shape index (κ1) is 25.9. The molecule has 0 bridgehead atoms. The summed E-state index contributed by atoms with van der Waals surface area (Å²) in [5.74, 6) is 0.373. The van der Waals surface area contributed by atoms with Gasteiger partial charge in [0.05, 0.1) is 29.6 Å². The van der Waals surface area contributed by atoms with Crippen LogP contribution in [0, 0.1) is 6.92 Å². The maximum atomic E-state index is 14.0. The lowest BCUT2D eigenvalue weighted by Crippen LogP contribution is -2.23. The number of aryl methyl sites for hydroxylation is 3. The summed E-state index contributed by atoms with van der Waals surface area (Å²) in [6.07, 6.45) is 4.12. The van der Waals surface area contributed by atoms with E-state index in [1.54, 1.807) is 29.1 Å². The highest BCUT2D eigenvalue weighted by Gasteiger charge is 2.23. The third kappa shape index (κ3) is 4.59. The fraction of sp³-hybridized carbons (Fsp3) is 0.219. The van der Waals surface area contributed by atoms with Gasteiger partial charge >= 0.3 is 0 Å². The van der Waals surface area contributed by atoms with Crippen molar-refractivity contribution in [2.45, 2.75) is 37.8 Å². The van der Waals surface area contributed by atoms with E-state index >= 15 is 0 Å². The number of nitrogens with zero attached hydrogens (tertiary/aromatic N) is 2. The topological polar surface area (TPSA) is 86.4 Å². The molecule has 7 rings (SSSR count). The molecular formula is C32H27N3O4S2. The van der Waals surface area contributed by atoms with Crippen molar-refractivity contribution in [2.75, 3.05) is 18.2 Å². The van der Waals surface area contributed by atoms with Crippen LogP contribution < -0.4 is 15.6 Å². The fourth-order valence-corrected chi connectivity index (χ4v) is 7.65. The van der Waals surface area contributed by atoms with Crippen LogP contribution >= 0.6 is 23.1 Å². The van der Waals surface area contributed by atoms with E-state index in [9.17, 15) is 9.59 Å². The van der Waals surface area contributed by atoms with Gasteiger partial charge in [-0.05, 0) is 62.4 Å². The van der Waals surface area contributed by atoms with E-state index in [0.717, 1.165) is 69.1 Å². The Morgan fingerprint density at radius 3 is 2.71 bits per heavy atom. The van der Waals surface area contributed by atoms with E-state index in [1.165, 1.54) is 16.6 Å². The number of nitrogens with one attached hydrogen (secondary N) is 1. The number of thiophene rings is 1. The number of amides is 1. The Kier molecular flexibility index (Phi) is 6.55. The molecule has 0 radical (unpaired) electrons. The second-order valence-corrected chi connectivity index (χ2v) is 12.3. The van der Waals surface area contributed by atoms with Crippen LogP contribution in [0.25, 0.3) is 37.8 Å². The SMILES string of the molecule is COc1cc2c(cc1NC(=O)CSc1nc3sc4c(c3c(=O)n1-c1ccc(C)cc1)CCCC4)oc1ccccc12. The molecule has 206 valence electrons. The third-order valence-corrected chi connectivity index (χ3v) is 9.68. The lowest BCUT2D eigenvalue weighted by molar-refractivity contribution is -0.113. The second-order valence-electron chi connectivity index (χ2n) is 10.2. The van der Waals surface area contributed by atoms with Crippen LogP contribution in [0.1, 0.15) is 28.8 Å². The molecule has 3 heterocycles. The summed E-state index contributed by atoms with van der Waals surface area (Å²) in [6.45, 7) is 2.01. The lowest BCUT2D eigenvalue weighted by atomic mass is 9.97. The Hall–Kier alpha value is -4.08. The highest BCUT2D eigenvalue weighted by atomic mass is 32.2. The lowest BCUT2D eigenvalue weighted by Gasteiger charge is -2.14. The largest absolute Gasteiger partial charge is 0.495 e. The Morgan fingerprint density at radius 1 is 1.07 bits per heavy atom. The zero-order valence-corrected chi connectivity index (χ0v) is 24.3. The summed E-state index contributed by atoms with van der Waals surface area (Å²) >= 11 is 2.87. The first-order valence-corrected chi connectivity index (χ1v) is 15.4. The van der Waals surface area contributed by atoms with Crippen LogP contribution in [0.4, 0.5) is 5.69 Å². The van der Waals surface area contributed by atoms with Crippen molar-refractivity contribution in [3.05, 3.63) is 87.0 Å². The van der Waals surface area contributed by atoms with Gasteiger partial charge in [0.15, 0.2) is 5.16 Å². The molecule has 3 aromatic carbocycles. The number of carbonyl (C=O) groups excluding carboxylic acids is 1. The number of anilines is 1. The predicted molar refractivity (Wildman–Crippen MR) is 166 cm³/mol. The molecule has 0 unspecified atom stereocenters. The highest BCUT2D eigenvalue weighted by Crippen LogP contribution is 2.37. The van der Waals surface area contributed by atoms with Crippen molar-refractivity contribution in [2.24, 2.45) is 0 Å². The van der Waals surface area contributed by atoms with Crippen LogP contribution in [-0.4, -0.2) is 28.3 Å². The molecule has 6 aromatic rings. The molecule has 3 aromatic heterocycles.